The van der Waals surface area contributed by atoms with Crippen molar-refractivity contribution in [1.82, 2.24) is 5.32 Å². The summed E-state index contributed by atoms with van der Waals surface area (Å²) in [6.07, 6.45) is 13.9. The Morgan fingerprint density at radius 3 is 2.38 bits per heavy atom. The molecule has 1 N–H and O–H groups in total. The highest BCUT2D eigenvalue weighted by Gasteiger charge is 2.17. The summed E-state index contributed by atoms with van der Waals surface area (Å²) in [5.74, 6) is 3.57. The van der Waals surface area contributed by atoms with Crippen molar-refractivity contribution in [3.05, 3.63) is 0 Å². The average molecular weight is 223 g/mol. The molecule has 0 aliphatic carbocycles. The third-order valence-corrected chi connectivity index (χ3v) is 3.32. The predicted octanol–water partition coefficient (Wildman–Crippen LogP) is 3.98. The number of hydrogen-bond donors (Lipinski definition) is 1. The van der Waals surface area contributed by atoms with Gasteiger partial charge < -0.3 is 5.32 Å². The monoisotopic (exact) mass is 223 g/mol. The number of nitrogens with one attached hydrogen (secondary N) is 1. The quantitative estimate of drug-likeness (QED) is 0.436. The van der Waals surface area contributed by atoms with Crippen molar-refractivity contribution in [2.45, 2.75) is 71.8 Å². The van der Waals surface area contributed by atoms with Crippen LogP contribution in [0.3, 0.4) is 0 Å². The van der Waals surface area contributed by atoms with E-state index in [2.05, 4.69) is 32.0 Å². The lowest BCUT2D eigenvalue weighted by Gasteiger charge is -2.27. The van der Waals surface area contributed by atoms with Crippen LogP contribution in [0.4, 0.5) is 0 Å². The van der Waals surface area contributed by atoms with E-state index in [0.717, 1.165) is 25.3 Å². The smallest absolute Gasteiger partial charge is 0.00954 e. The van der Waals surface area contributed by atoms with Crippen LogP contribution in [0.25, 0.3) is 0 Å². The molecule has 0 fully saturated rings. The minimum atomic E-state index is 0.676. The minimum absolute atomic E-state index is 0.676. The first-order valence-electron chi connectivity index (χ1n) is 6.96. The molecule has 0 aliphatic heterocycles. The molecule has 2 atom stereocenters. The maximum atomic E-state index is 5.31. The van der Waals surface area contributed by atoms with Crippen molar-refractivity contribution in [3.8, 4) is 12.3 Å². The molecule has 1 heteroatoms. The van der Waals surface area contributed by atoms with Gasteiger partial charge in [-0.1, -0.05) is 40.0 Å². The van der Waals surface area contributed by atoms with Crippen molar-refractivity contribution >= 4 is 0 Å². The lowest BCUT2D eigenvalue weighted by atomic mass is 9.88. The molecular weight excluding hydrogens is 194 g/mol. The second-order valence-corrected chi connectivity index (χ2v) is 4.57. The fraction of sp³-hybridized carbons (Fsp3) is 0.867. The Morgan fingerprint density at radius 2 is 1.88 bits per heavy atom. The van der Waals surface area contributed by atoms with Crippen LogP contribution >= 0.6 is 0 Å². The van der Waals surface area contributed by atoms with Crippen molar-refractivity contribution < 1.29 is 0 Å². The summed E-state index contributed by atoms with van der Waals surface area (Å²) >= 11 is 0. The standard InChI is InChI=1S/C15H29N/c1-5-9-11-13-15(16-8-4)14(7-3)12-10-6-2/h1,14-16H,6-13H2,2-4H3. The summed E-state index contributed by atoms with van der Waals surface area (Å²) in [7, 11) is 0. The Morgan fingerprint density at radius 1 is 1.12 bits per heavy atom. The van der Waals surface area contributed by atoms with Gasteiger partial charge in [-0.2, -0.15) is 0 Å². The van der Waals surface area contributed by atoms with Gasteiger partial charge in [-0.3, -0.25) is 0 Å². The summed E-state index contributed by atoms with van der Waals surface area (Å²) < 4.78 is 0. The molecule has 0 saturated carbocycles. The maximum absolute atomic E-state index is 5.31. The van der Waals surface area contributed by atoms with Crippen molar-refractivity contribution in [2.24, 2.45) is 5.92 Å². The van der Waals surface area contributed by atoms with Gasteiger partial charge in [-0.25, -0.2) is 0 Å². The molecule has 0 aromatic heterocycles. The topological polar surface area (TPSA) is 12.0 Å². The van der Waals surface area contributed by atoms with Gasteiger partial charge >= 0.3 is 0 Å². The SMILES string of the molecule is C#CCCCC(NCC)C(CC)CCCC. The summed E-state index contributed by atoms with van der Waals surface area (Å²) in [5, 5.41) is 3.63. The summed E-state index contributed by atoms with van der Waals surface area (Å²) in [6, 6.07) is 0.676. The van der Waals surface area contributed by atoms with Crippen LogP contribution in [0.1, 0.15) is 65.7 Å². The lowest BCUT2D eigenvalue weighted by Crippen LogP contribution is -2.36. The average Bonchev–Trinajstić information content (AvgIpc) is 2.30. The normalized spacial score (nSPS) is 14.4. The van der Waals surface area contributed by atoms with E-state index in [9.17, 15) is 0 Å². The molecule has 0 aromatic carbocycles. The van der Waals surface area contributed by atoms with E-state index in [1.165, 1.54) is 32.1 Å². The summed E-state index contributed by atoms with van der Waals surface area (Å²) in [5.41, 5.74) is 0. The predicted molar refractivity (Wildman–Crippen MR) is 73.5 cm³/mol. The number of hydrogen-bond acceptors (Lipinski definition) is 1. The second-order valence-electron chi connectivity index (χ2n) is 4.57. The molecule has 2 unspecified atom stereocenters. The zero-order valence-corrected chi connectivity index (χ0v) is 11.4. The van der Waals surface area contributed by atoms with Crippen LogP contribution in [0.15, 0.2) is 0 Å². The molecule has 0 radical (unpaired) electrons. The van der Waals surface area contributed by atoms with Crippen LogP contribution in [0.5, 0.6) is 0 Å². The highest BCUT2D eigenvalue weighted by Crippen LogP contribution is 2.20. The third kappa shape index (κ3) is 6.90. The Bertz CT molecular complexity index is 180. The molecule has 0 rings (SSSR count). The fourth-order valence-corrected chi connectivity index (χ4v) is 2.35. The van der Waals surface area contributed by atoms with Crippen LogP contribution in [-0.4, -0.2) is 12.6 Å². The number of rotatable bonds is 10. The Balaban J connectivity index is 4.06. The number of terminal acetylenes is 1. The highest BCUT2D eigenvalue weighted by molar-refractivity contribution is 4.85. The first kappa shape index (κ1) is 15.5. The van der Waals surface area contributed by atoms with Crippen LogP contribution in [-0.2, 0) is 0 Å². The molecular formula is C15H29N. The Kier molecular flexibility index (Phi) is 10.7. The molecule has 94 valence electrons. The first-order chi connectivity index (χ1) is 7.79. The van der Waals surface area contributed by atoms with Gasteiger partial charge in [0.15, 0.2) is 0 Å². The van der Waals surface area contributed by atoms with E-state index < -0.39 is 0 Å². The van der Waals surface area contributed by atoms with Gasteiger partial charge in [0.25, 0.3) is 0 Å². The highest BCUT2D eigenvalue weighted by atomic mass is 14.9. The first-order valence-corrected chi connectivity index (χ1v) is 6.96. The Hall–Kier alpha value is -0.480. The lowest BCUT2D eigenvalue weighted by molar-refractivity contribution is 0.303. The van der Waals surface area contributed by atoms with Gasteiger partial charge in [0, 0.05) is 12.5 Å². The van der Waals surface area contributed by atoms with E-state index >= 15 is 0 Å². The second kappa shape index (κ2) is 11.0. The van der Waals surface area contributed by atoms with Crippen molar-refractivity contribution in [2.75, 3.05) is 6.54 Å². The van der Waals surface area contributed by atoms with E-state index in [1.807, 2.05) is 0 Å². The van der Waals surface area contributed by atoms with E-state index in [1.54, 1.807) is 0 Å². The zero-order chi connectivity index (χ0) is 12.2. The van der Waals surface area contributed by atoms with E-state index in [4.69, 9.17) is 6.42 Å². The fourth-order valence-electron chi connectivity index (χ4n) is 2.35. The van der Waals surface area contributed by atoms with Crippen LogP contribution in [0.2, 0.25) is 0 Å². The molecule has 16 heavy (non-hydrogen) atoms. The largest absolute Gasteiger partial charge is 0.314 e. The summed E-state index contributed by atoms with van der Waals surface area (Å²) in [4.78, 5) is 0. The van der Waals surface area contributed by atoms with E-state index in [-0.39, 0.29) is 0 Å². The molecule has 0 aromatic rings. The van der Waals surface area contributed by atoms with Crippen molar-refractivity contribution in [3.63, 3.8) is 0 Å². The molecule has 0 aliphatic rings. The van der Waals surface area contributed by atoms with Gasteiger partial charge in [0.05, 0.1) is 0 Å². The molecule has 0 heterocycles. The zero-order valence-electron chi connectivity index (χ0n) is 11.4. The maximum Gasteiger partial charge on any atom is 0.00954 e. The Labute approximate surface area is 102 Å². The third-order valence-electron chi connectivity index (χ3n) is 3.32. The van der Waals surface area contributed by atoms with E-state index in [0.29, 0.717) is 6.04 Å². The minimum Gasteiger partial charge on any atom is -0.314 e. The van der Waals surface area contributed by atoms with Gasteiger partial charge in [0.2, 0.25) is 0 Å². The van der Waals surface area contributed by atoms with Gasteiger partial charge in [0.1, 0.15) is 0 Å². The van der Waals surface area contributed by atoms with Gasteiger partial charge in [-0.05, 0) is 31.7 Å². The molecule has 0 spiro atoms. The molecule has 0 amide bonds. The number of unbranched alkanes of at least 4 members (excludes halogenated alkanes) is 2. The van der Waals surface area contributed by atoms with Gasteiger partial charge in [-0.15, -0.1) is 12.3 Å². The van der Waals surface area contributed by atoms with Crippen LogP contribution in [0, 0.1) is 18.3 Å². The summed E-state index contributed by atoms with van der Waals surface area (Å²) in [6.45, 7) is 7.85. The molecule has 1 nitrogen and oxygen atoms in total. The molecule has 0 bridgehead atoms. The van der Waals surface area contributed by atoms with Crippen molar-refractivity contribution in [1.29, 1.82) is 0 Å². The molecule has 0 saturated heterocycles. The van der Waals surface area contributed by atoms with Crippen LogP contribution < -0.4 is 5.32 Å².